The Kier molecular flexibility index (Phi) is 12.4. The highest BCUT2D eigenvalue weighted by Gasteiger charge is 2.37. The number of aromatic hydroxyl groups is 1. The van der Waals surface area contributed by atoms with Crippen molar-refractivity contribution in [2.45, 2.75) is 104 Å². The molecule has 0 saturated carbocycles. The van der Waals surface area contributed by atoms with E-state index >= 15 is 0 Å². The molecule has 1 aromatic carbocycles. The number of ether oxygens (including phenoxy) is 1. The molecule has 37 heavy (non-hydrogen) atoms. The summed E-state index contributed by atoms with van der Waals surface area (Å²) in [4.78, 5) is 53.0. The van der Waals surface area contributed by atoms with Crippen LogP contribution in [0.15, 0.2) is 18.2 Å². The second-order valence-corrected chi connectivity index (χ2v) is 10.5. The molecule has 1 aromatic rings. The van der Waals surface area contributed by atoms with Gasteiger partial charge in [0.2, 0.25) is 17.7 Å². The van der Waals surface area contributed by atoms with Crippen molar-refractivity contribution in [1.82, 2.24) is 15.5 Å². The van der Waals surface area contributed by atoms with Gasteiger partial charge >= 0.3 is 6.09 Å². The van der Waals surface area contributed by atoms with Gasteiger partial charge in [0.05, 0.1) is 0 Å². The van der Waals surface area contributed by atoms with Gasteiger partial charge in [-0.3, -0.25) is 14.4 Å². The Bertz CT molecular complexity index is 941. The van der Waals surface area contributed by atoms with Crippen LogP contribution in [0.3, 0.4) is 0 Å². The van der Waals surface area contributed by atoms with Gasteiger partial charge in [0.15, 0.2) is 0 Å². The predicted octanol–water partition coefficient (Wildman–Crippen LogP) is 3.44. The maximum atomic E-state index is 14.0. The summed E-state index contributed by atoms with van der Waals surface area (Å²) in [5.41, 5.74) is 5.35. The average molecular weight is 521 g/mol. The SMILES string of the molecule is CCCCCN(C(=O)C(CCC(N)=O)NC(=O)OC(C)(C)C)C(C(=O)NC(C)C)c1cccc(C)c1O. The maximum Gasteiger partial charge on any atom is 0.408 e. The summed E-state index contributed by atoms with van der Waals surface area (Å²) >= 11 is 0. The van der Waals surface area contributed by atoms with Crippen LogP contribution in [0.5, 0.6) is 5.75 Å². The van der Waals surface area contributed by atoms with Gasteiger partial charge in [-0.25, -0.2) is 4.79 Å². The number of hydrogen-bond donors (Lipinski definition) is 4. The molecule has 2 atom stereocenters. The van der Waals surface area contributed by atoms with Crippen LogP contribution in [0.2, 0.25) is 0 Å². The van der Waals surface area contributed by atoms with Crippen LogP contribution in [0, 0.1) is 6.92 Å². The summed E-state index contributed by atoms with van der Waals surface area (Å²) < 4.78 is 5.33. The third kappa shape index (κ3) is 10.7. The summed E-state index contributed by atoms with van der Waals surface area (Å²) in [6.07, 6.45) is 1.21. The first-order valence-corrected chi connectivity index (χ1v) is 12.8. The smallest absolute Gasteiger partial charge is 0.408 e. The molecule has 0 aromatic heterocycles. The number of para-hydroxylation sites is 1. The van der Waals surface area contributed by atoms with Gasteiger partial charge in [-0.1, -0.05) is 38.0 Å². The van der Waals surface area contributed by atoms with Crippen molar-refractivity contribution in [3.05, 3.63) is 29.3 Å². The number of carbonyl (C=O) groups excluding carboxylic acids is 4. The van der Waals surface area contributed by atoms with Gasteiger partial charge < -0.3 is 31.1 Å². The zero-order valence-corrected chi connectivity index (χ0v) is 23.2. The van der Waals surface area contributed by atoms with Crippen LogP contribution in [-0.4, -0.2) is 58.1 Å². The number of phenols is 1. The monoisotopic (exact) mass is 520 g/mol. The minimum absolute atomic E-state index is 0.0734. The summed E-state index contributed by atoms with van der Waals surface area (Å²) in [6.45, 7) is 12.6. The van der Waals surface area contributed by atoms with Crippen molar-refractivity contribution < 1.29 is 29.0 Å². The fourth-order valence-corrected chi connectivity index (χ4v) is 3.81. The van der Waals surface area contributed by atoms with E-state index in [1.54, 1.807) is 59.7 Å². The Morgan fingerprint density at radius 2 is 1.76 bits per heavy atom. The van der Waals surface area contributed by atoms with Crippen molar-refractivity contribution in [2.75, 3.05) is 6.54 Å². The molecule has 0 radical (unpaired) electrons. The Morgan fingerprint density at radius 3 is 2.30 bits per heavy atom. The molecular formula is C27H44N4O6. The molecular weight excluding hydrogens is 476 g/mol. The number of unbranched alkanes of at least 4 members (excludes halogenated alkanes) is 2. The van der Waals surface area contributed by atoms with Gasteiger partial charge in [0, 0.05) is 24.6 Å². The maximum absolute atomic E-state index is 14.0. The zero-order valence-electron chi connectivity index (χ0n) is 23.2. The first-order valence-electron chi connectivity index (χ1n) is 12.8. The lowest BCUT2D eigenvalue weighted by Crippen LogP contribution is -2.54. The normalized spacial score (nSPS) is 13.0. The lowest BCUT2D eigenvalue weighted by atomic mass is 9.98. The van der Waals surface area contributed by atoms with Crippen molar-refractivity contribution in [2.24, 2.45) is 5.73 Å². The summed E-state index contributed by atoms with van der Waals surface area (Å²) in [5, 5.41) is 16.3. The molecule has 0 heterocycles. The molecule has 2 unspecified atom stereocenters. The number of amides is 4. The number of rotatable bonds is 13. The van der Waals surface area contributed by atoms with Crippen LogP contribution in [0.4, 0.5) is 4.79 Å². The highest BCUT2D eigenvalue weighted by molar-refractivity contribution is 5.93. The molecule has 4 amide bonds. The molecule has 0 saturated heterocycles. The molecule has 0 aliphatic heterocycles. The van der Waals surface area contributed by atoms with Gasteiger partial charge in [0.1, 0.15) is 23.4 Å². The van der Waals surface area contributed by atoms with Crippen LogP contribution < -0.4 is 16.4 Å². The van der Waals surface area contributed by atoms with Gasteiger partial charge in [-0.05, 0) is 59.9 Å². The first kappa shape index (κ1) is 31.7. The van der Waals surface area contributed by atoms with Crippen LogP contribution in [-0.2, 0) is 19.1 Å². The van der Waals surface area contributed by atoms with Gasteiger partial charge in [0.25, 0.3) is 0 Å². The number of nitrogens with zero attached hydrogens (tertiary/aromatic N) is 1. The van der Waals surface area contributed by atoms with E-state index in [0.717, 1.165) is 12.8 Å². The van der Waals surface area contributed by atoms with E-state index in [0.29, 0.717) is 12.0 Å². The van der Waals surface area contributed by atoms with Crippen molar-refractivity contribution >= 4 is 23.8 Å². The first-order chi connectivity index (χ1) is 17.2. The molecule has 0 bridgehead atoms. The molecule has 1 rings (SSSR count). The number of hydrogen-bond acceptors (Lipinski definition) is 6. The number of nitrogens with one attached hydrogen (secondary N) is 2. The molecule has 0 spiro atoms. The minimum atomic E-state index is -1.18. The van der Waals surface area contributed by atoms with Crippen LogP contribution >= 0.6 is 0 Å². The summed E-state index contributed by atoms with van der Waals surface area (Å²) in [5.74, 6) is -1.76. The summed E-state index contributed by atoms with van der Waals surface area (Å²) in [6, 6.07) is 2.46. The van der Waals surface area contributed by atoms with E-state index < -0.39 is 41.5 Å². The van der Waals surface area contributed by atoms with Crippen LogP contribution in [0.25, 0.3) is 0 Å². The second-order valence-electron chi connectivity index (χ2n) is 10.5. The third-order valence-corrected chi connectivity index (χ3v) is 5.51. The lowest BCUT2D eigenvalue weighted by molar-refractivity contribution is -0.143. The molecule has 10 heteroatoms. The highest BCUT2D eigenvalue weighted by Crippen LogP contribution is 2.33. The fourth-order valence-electron chi connectivity index (χ4n) is 3.81. The average Bonchev–Trinajstić information content (AvgIpc) is 2.76. The number of primary amides is 1. The van der Waals surface area contributed by atoms with Crippen LogP contribution in [0.1, 0.15) is 90.8 Å². The molecule has 5 N–H and O–H groups in total. The van der Waals surface area contributed by atoms with E-state index in [4.69, 9.17) is 10.5 Å². The van der Waals surface area contributed by atoms with E-state index in [-0.39, 0.29) is 36.7 Å². The Balaban J connectivity index is 3.57. The third-order valence-electron chi connectivity index (χ3n) is 5.51. The molecule has 0 aliphatic carbocycles. The lowest BCUT2D eigenvalue weighted by Gasteiger charge is -2.35. The number of phenolic OH excluding ortho intramolecular Hbond substituents is 1. The molecule has 0 fully saturated rings. The topological polar surface area (TPSA) is 151 Å². The Labute approximate surface area is 220 Å². The molecule has 10 nitrogen and oxygen atoms in total. The van der Waals surface area contributed by atoms with E-state index in [2.05, 4.69) is 10.6 Å². The minimum Gasteiger partial charge on any atom is -0.507 e. The fraction of sp³-hybridized carbons (Fsp3) is 0.630. The quantitative estimate of drug-likeness (QED) is 0.293. The number of nitrogens with two attached hydrogens (primary N) is 1. The van der Waals surface area contributed by atoms with Crippen molar-refractivity contribution in [1.29, 1.82) is 0 Å². The zero-order chi connectivity index (χ0) is 28.3. The number of alkyl carbamates (subject to hydrolysis) is 1. The highest BCUT2D eigenvalue weighted by atomic mass is 16.6. The number of benzene rings is 1. The van der Waals surface area contributed by atoms with Crippen molar-refractivity contribution in [3.63, 3.8) is 0 Å². The molecule has 0 aliphatic rings. The standard InChI is InChI=1S/C27H44N4O6/c1-8-9-10-16-31(22(24(34)29-17(2)3)19-13-11-12-18(4)23(19)33)25(35)20(14-15-21(28)32)30-26(36)37-27(5,6)7/h11-13,17,20,22,33H,8-10,14-16H2,1-7H3,(H2,28,32)(H,29,34)(H,30,36). The summed E-state index contributed by atoms with van der Waals surface area (Å²) in [7, 11) is 0. The van der Waals surface area contributed by atoms with E-state index in [9.17, 15) is 24.3 Å². The Hall–Kier alpha value is -3.30. The van der Waals surface area contributed by atoms with Gasteiger partial charge in [-0.15, -0.1) is 0 Å². The van der Waals surface area contributed by atoms with Crippen molar-refractivity contribution in [3.8, 4) is 5.75 Å². The Morgan fingerprint density at radius 1 is 1.11 bits per heavy atom. The number of aryl methyl sites for hydroxylation is 1. The predicted molar refractivity (Wildman–Crippen MR) is 142 cm³/mol. The van der Waals surface area contributed by atoms with Gasteiger partial charge in [-0.2, -0.15) is 0 Å². The number of carbonyl (C=O) groups is 4. The van der Waals surface area contributed by atoms with E-state index in [1.165, 1.54) is 4.90 Å². The van der Waals surface area contributed by atoms with E-state index in [1.807, 2.05) is 6.92 Å². The second kappa shape index (κ2) is 14.4. The molecule has 208 valence electrons. The largest absolute Gasteiger partial charge is 0.507 e.